The van der Waals surface area contributed by atoms with Gasteiger partial charge in [-0.15, -0.1) is 0 Å². The second kappa shape index (κ2) is 6.53. The van der Waals surface area contributed by atoms with E-state index in [0.29, 0.717) is 32.5 Å². The van der Waals surface area contributed by atoms with Gasteiger partial charge in [-0.3, -0.25) is 0 Å². The second-order valence-corrected chi connectivity index (χ2v) is 5.75. The molecule has 2 aromatic carbocycles. The average Bonchev–Trinajstić information content (AvgIpc) is 2.50. The van der Waals surface area contributed by atoms with Crippen LogP contribution in [0.1, 0.15) is 0 Å². The van der Waals surface area contributed by atoms with E-state index in [1.54, 1.807) is 24.3 Å². The maximum atomic E-state index is 6.15. The summed E-state index contributed by atoms with van der Waals surface area (Å²) in [5, 5.41) is 4.55. The van der Waals surface area contributed by atoms with Gasteiger partial charge in [-0.2, -0.15) is 0 Å². The van der Waals surface area contributed by atoms with Gasteiger partial charge in [0.1, 0.15) is 11.0 Å². The molecule has 1 N–H and O–H groups in total. The summed E-state index contributed by atoms with van der Waals surface area (Å²) in [4.78, 5) is 8.71. The average molecular weight is 351 g/mol. The number of hydrogen-bond donors (Lipinski definition) is 1. The van der Waals surface area contributed by atoms with Crippen LogP contribution in [0.4, 0.5) is 11.5 Å². The smallest absolute Gasteiger partial charge is 0.163 e. The molecule has 0 radical (unpaired) electrons. The molecule has 0 fully saturated rings. The standard InChI is InChI=1S/C16H10Cl3N3/c17-11-6-7-13(12(18)8-11)20-15-9-14(19)21-16(22-15)10-4-2-1-3-5-10/h1-9H,(H,20,21,22). The minimum Gasteiger partial charge on any atom is -0.339 e. The number of aromatic nitrogens is 2. The van der Waals surface area contributed by atoms with E-state index in [1.165, 1.54) is 0 Å². The molecule has 1 heterocycles. The summed E-state index contributed by atoms with van der Waals surface area (Å²) in [6, 6.07) is 16.4. The summed E-state index contributed by atoms with van der Waals surface area (Å²) >= 11 is 18.1. The van der Waals surface area contributed by atoms with E-state index in [0.717, 1.165) is 5.56 Å². The van der Waals surface area contributed by atoms with E-state index in [-0.39, 0.29) is 0 Å². The lowest BCUT2D eigenvalue weighted by molar-refractivity contribution is 1.17. The van der Waals surface area contributed by atoms with E-state index in [1.807, 2.05) is 30.3 Å². The van der Waals surface area contributed by atoms with Crippen LogP contribution in [0.5, 0.6) is 0 Å². The first-order valence-corrected chi connectivity index (χ1v) is 7.57. The van der Waals surface area contributed by atoms with Crippen LogP contribution in [0, 0.1) is 0 Å². The zero-order chi connectivity index (χ0) is 15.5. The Morgan fingerprint density at radius 1 is 0.818 bits per heavy atom. The van der Waals surface area contributed by atoms with Crippen LogP contribution in [0.25, 0.3) is 11.4 Å². The highest BCUT2D eigenvalue weighted by Crippen LogP contribution is 2.29. The molecule has 6 heteroatoms. The quantitative estimate of drug-likeness (QED) is 0.602. The van der Waals surface area contributed by atoms with Crippen molar-refractivity contribution < 1.29 is 0 Å². The van der Waals surface area contributed by atoms with Gasteiger partial charge in [-0.05, 0) is 18.2 Å². The lowest BCUT2D eigenvalue weighted by atomic mass is 10.2. The molecular formula is C16H10Cl3N3. The van der Waals surface area contributed by atoms with Crippen LogP contribution in [-0.2, 0) is 0 Å². The Balaban J connectivity index is 1.96. The van der Waals surface area contributed by atoms with Gasteiger partial charge in [0.2, 0.25) is 0 Å². The van der Waals surface area contributed by atoms with Crippen LogP contribution < -0.4 is 5.32 Å². The maximum Gasteiger partial charge on any atom is 0.163 e. The lowest BCUT2D eigenvalue weighted by Crippen LogP contribution is -1.98. The molecule has 0 saturated carbocycles. The molecule has 0 saturated heterocycles. The molecule has 0 aliphatic rings. The first kappa shape index (κ1) is 15.1. The lowest BCUT2D eigenvalue weighted by Gasteiger charge is -2.09. The van der Waals surface area contributed by atoms with Crippen molar-refractivity contribution in [3.05, 3.63) is 69.8 Å². The summed E-state index contributed by atoms with van der Waals surface area (Å²) in [7, 11) is 0. The molecule has 3 nitrogen and oxygen atoms in total. The van der Waals surface area contributed by atoms with Crippen LogP contribution in [0.2, 0.25) is 15.2 Å². The number of anilines is 2. The normalized spacial score (nSPS) is 10.5. The molecule has 0 atom stereocenters. The van der Waals surface area contributed by atoms with Gasteiger partial charge >= 0.3 is 0 Å². The van der Waals surface area contributed by atoms with Gasteiger partial charge in [0.15, 0.2) is 5.82 Å². The van der Waals surface area contributed by atoms with E-state index in [9.17, 15) is 0 Å². The summed E-state index contributed by atoms with van der Waals surface area (Å²) in [6.45, 7) is 0. The number of rotatable bonds is 3. The highest BCUT2D eigenvalue weighted by molar-refractivity contribution is 6.36. The number of nitrogens with zero attached hydrogens (tertiary/aromatic N) is 2. The molecule has 3 aromatic rings. The van der Waals surface area contributed by atoms with Gasteiger partial charge in [0, 0.05) is 16.7 Å². The molecule has 0 unspecified atom stereocenters. The Labute approximate surface area is 142 Å². The molecule has 110 valence electrons. The molecule has 0 bridgehead atoms. The van der Waals surface area contributed by atoms with E-state index < -0.39 is 0 Å². The van der Waals surface area contributed by atoms with Crippen molar-refractivity contribution >= 4 is 46.3 Å². The van der Waals surface area contributed by atoms with Crippen molar-refractivity contribution in [2.45, 2.75) is 0 Å². The Kier molecular flexibility index (Phi) is 4.48. The first-order chi connectivity index (χ1) is 10.6. The number of nitrogens with one attached hydrogen (secondary N) is 1. The fourth-order valence-electron chi connectivity index (χ4n) is 1.93. The molecule has 3 rings (SSSR count). The highest BCUT2D eigenvalue weighted by Gasteiger charge is 2.08. The number of benzene rings is 2. The largest absolute Gasteiger partial charge is 0.339 e. The third-order valence-corrected chi connectivity index (χ3v) is 3.66. The Bertz CT molecular complexity index is 807. The van der Waals surface area contributed by atoms with Gasteiger partial charge in [0.05, 0.1) is 10.7 Å². The van der Waals surface area contributed by atoms with Crippen LogP contribution in [0.15, 0.2) is 54.6 Å². The molecule has 0 aliphatic heterocycles. The topological polar surface area (TPSA) is 37.8 Å². The van der Waals surface area contributed by atoms with Crippen molar-refractivity contribution in [1.82, 2.24) is 9.97 Å². The molecule has 1 aromatic heterocycles. The predicted molar refractivity (Wildman–Crippen MR) is 92.2 cm³/mol. The molecule has 22 heavy (non-hydrogen) atoms. The van der Waals surface area contributed by atoms with Crippen molar-refractivity contribution in [3.8, 4) is 11.4 Å². The van der Waals surface area contributed by atoms with Crippen molar-refractivity contribution in [2.75, 3.05) is 5.32 Å². The summed E-state index contributed by atoms with van der Waals surface area (Å²) in [5.41, 5.74) is 1.58. The Hall–Kier alpha value is -1.81. The van der Waals surface area contributed by atoms with Gasteiger partial charge < -0.3 is 5.32 Å². The van der Waals surface area contributed by atoms with Crippen LogP contribution in [0.3, 0.4) is 0 Å². The summed E-state index contributed by atoms with van der Waals surface area (Å²) in [5.74, 6) is 1.10. The van der Waals surface area contributed by atoms with Gasteiger partial charge in [0.25, 0.3) is 0 Å². The third kappa shape index (κ3) is 3.50. The highest BCUT2D eigenvalue weighted by atomic mass is 35.5. The molecule has 0 spiro atoms. The zero-order valence-electron chi connectivity index (χ0n) is 11.2. The Morgan fingerprint density at radius 3 is 2.32 bits per heavy atom. The maximum absolute atomic E-state index is 6.15. The zero-order valence-corrected chi connectivity index (χ0v) is 13.5. The van der Waals surface area contributed by atoms with E-state index in [2.05, 4.69) is 15.3 Å². The van der Waals surface area contributed by atoms with Gasteiger partial charge in [-0.1, -0.05) is 65.1 Å². The fraction of sp³-hybridized carbons (Fsp3) is 0. The monoisotopic (exact) mass is 349 g/mol. The number of hydrogen-bond acceptors (Lipinski definition) is 3. The van der Waals surface area contributed by atoms with Crippen molar-refractivity contribution in [1.29, 1.82) is 0 Å². The molecule has 0 aliphatic carbocycles. The predicted octanol–water partition coefficient (Wildman–Crippen LogP) is 5.85. The van der Waals surface area contributed by atoms with E-state index in [4.69, 9.17) is 34.8 Å². The summed E-state index contributed by atoms with van der Waals surface area (Å²) < 4.78 is 0. The fourth-order valence-corrected chi connectivity index (χ4v) is 2.57. The first-order valence-electron chi connectivity index (χ1n) is 6.44. The minimum absolute atomic E-state index is 0.349. The third-order valence-electron chi connectivity index (χ3n) is 2.92. The minimum atomic E-state index is 0.349. The van der Waals surface area contributed by atoms with Crippen LogP contribution >= 0.6 is 34.8 Å². The molecular weight excluding hydrogens is 341 g/mol. The second-order valence-electron chi connectivity index (χ2n) is 4.51. The van der Waals surface area contributed by atoms with Crippen molar-refractivity contribution in [3.63, 3.8) is 0 Å². The van der Waals surface area contributed by atoms with E-state index >= 15 is 0 Å². The van der Waals surface area contributed by atoms with Gasteiger partial charge in [-0.25, -0.2) is 9.97 Å². The van der Waals surface area contributed by atoms with Crippen LogP contribution in [-0.4, -0.2) is 9.97 Å². The Morgan fingerprint density at radius 2 is 1.59 bits per heavy atom. The molecule has 0 amide bonds. The summed E-state index contributed by atoms with van der Waals surface area (Å²) in [6.07, 6.45) is 0. The van der Waals surface area contributed by atoms with Crippen molar-refractivity contribution in [2.24, 2.45) is 0 Å². The SMILES string of the molecule is Clc1ccc(Nc2cc(Cl)nc(-c3ccccc3)n2)c(Cl)c1. The number of halogens is 3.